The van der Waals surface area contributed by atoms with Crippen LogP contribution in [0, 0.1) is 0 Å². The lowest BCUT2D eigenvalue weighted by atomic mass is 10.1. The number of hydrogen-bond donors (Lipinski definition) is 1. The SMILES string of the molecule is COc1cccc(C(C)N2CCN(C(=O)c3csc(CCN)n3)CC2)c1. The van der Waals surface area contributed by atoms with Crippen molar-refractivity contribution in [2.24, 2.45) is 5.73 Å². The summed E-state index contributed by atoms with van der Waals surface area (Å²) >= 11 is 1.51. The third-order valence-corrected chi connectivity index (χ3v) is 5.76. The first kappa shape index (κ1) is 18.8. The molecule has 2 N–H and O–H groups in total. The van der Waals surface area contributed by atoms with Crippen molar-refractivity contribution in [3.05, 3.63) is 45.9 Å². The molecule has 1 saturated heterocycles. The summed E-state index contributed by atoms with van der Waals surface area (Å²) in [6, 6.07) is 8.47. The van der Waals surface area contributed by atoms with E-state index in [1.54, 1.807) is 7.11 Å². The molecule has 26 heavy (non-hydrogen) atoms. The normalized spacial score (nSPS) is 16.5. The maximum Gasteiger partial charge on any atom is 0.273 e. The van der Waals surface area contributed by atoms with E-state index in [-0.39, 0.29) is 11.9 Å². The fraction of sp³-hybridized carbons (Fsp3) is 0.474. The van der Waals surface area contributed by atoms with E-state index in [1.165, 1.54) is 16.9 Å². The summed E-state index contributed by atoms with van der Waals surface area (Å²) in [5.41, 5.74) is 7.34. The second-order valence-corrected chi connectivity index (χ2v) is 7.39. The molecule has 0 bridgehead atoms. The zero-order chi connectivity index (χ0) is 18.5. The second kappa shape index (κ2) is 8.62. The summed E-state index contributed by atoms with van der Waals surface area (Å²) in [4.78, 5) is 21.4. The number of hydrogen-bond acceptors (Lipinski definition) is 6. The molecule has 3 rings (SSSR count). The summed E-state index contributed by atoms with van der Waals surface area (Å²) in [5.74, 6) is 0.901. The predicted octanol–water partition coefficient (Wildman–Crippen LogP) is 2.17. The molecule has 1 amide bonds. The van der Waals surface area contributed by atoms with E-state index >= 15 is 0 Å². The Hall–Kier alpha value is -1.96. The molecule has 2 aromatic rings. The highest BCUT2D eigenvalue weighted by Gasteiger charge is 2.26. The topological polar surface area (TPSA) is 71.7 Å². The smallest absolute Gasteiger partial charge is 0.273 e. The van der Waals surface area contributed by atoms with Gasteiger partial charge in [-0.1, -0.05) is 12.1 Å². The van der Waals surface area contributed by atoms with E-state index in [0.29, 0.717) is 12.2 Å². The van der Waals surface area contributed by atoms with E-state index in [1.807, 2.05) is 22.4 Å². The van der Waals surface area contributed by atoms with Gasteiger partial charge in [0.15, 0.2) is 0 Å². The first-order valence-electron chi connectivity index (χ1n) is 8.94. The number of amides is 1. The van der Waals surface area contributed by atoms with Crippen LogP contribution in [-0.4, -0.2) is 60.5 Å². The quantitative estimate of drug-likeness (QED) is 0.839. The predicted molar refractivity (Wildman–Crippen MR) is 104 cm³/mol. The number of ether oxygens (including phenoxy) is 1. The summed E-state index contributed by atoms with van der Waals surface area (Å²) in [6.07, 6.45) is 0.726. The van der Waals surface area contributed by atoms with Crippen LogP contribution < -0.4 is 10.5 Å². The third kappa shape index (κ3) is 4.23. The molecule has 6 nitrogen and oxygen atoms in total. The van der Waals surface area contributed by atoms with Crippen molar-refractivity contribution in [2.45, 2.75) is 19.4 Å². The molecular weight excluding hydrogens is 348 g/mol. The number of piperazine rings is 1. The first-order valence-corrected chi connectivity index (χ1v) is 9.82. The average Bonchev–Trinajstić information content (AvgIpc) is 3.16. The van der Waals surface area contributed by atoms with E-state index in [0.717, 1.165) is 43.4 Å². The maximum absolute atomic E-state index is 12.7. The average molecular weight is 375 g/mol. The van der Waals surface area contributed by atoms with Crippen LogP contribution in [-0.2, 0) is 6.42 Å². The first-order chi connectivity index (χ1) is 12.6. The minimum atomic E-state index is 0.0261. The molecule has 0 radical (unpaired) electrons. The maximum atomic E-state index is 12.7. The van der Waals surface area contributed by atoms with Gasteiger partial charge in [-0.15, -0.1) is 11.3 Å². The monoisotopic (exact) mass is 374 g/mol. The fourth-order valence-electron chi connectivity index (χ4n) is 3.23. The highest BCUT2D eigenvalue weighted by molar-refractivity contribution is 7.09. The van der Waals surface area contributed by atoms with Gasteiger partial charge in [-0.05, 0) is 31.2 Å². The number of rotatable bonds is 6. The molecular formula is C19H26N4O2S. The molecule has 1 unspecified atom stereocenters. The lowest BCUT2D eigenvalue weighted by Crippen LogP contribution is -2.49. The number of nitrogens with two attached hydrogens (primary N) is 1. The lowest BCUT2D eigenvalue weighted by Gasteiger charge is -2.38. The van der Waals surface area contributed by atoms with E-state index < -0.39 is 0 Å². The minimum Gasteiger partial charge on any atom is -0.497 e. The number of carbonyl (C=O) groups excluding carboxylic acids is 1. The van der Waals surface area contributed by atoms with Crippen molar-refractivity contribution in [3.8, 4) is 5.75 Å². The van der Waals surface area contributed by atoms with Crippen LogP contribution in [0.4, 0.5) is 0 Å². The van der Waals surface area contributed by atoms with Gasteiger partial charge in [0.2, 0.25) is 0 Å². The lowest BCUT2D eigenvalue weighted by molar-refractivity contribution is 0.0577. The van der Waals surface area contributed by atoms with E-state index in [9.17, 15) is 4.79 Å². The molecule has 1 aliphatic rings. The molecule has 1 aliphatic heterocycles. The van der Waals surface area contributed by atoms with Gasteiger partial charge in [0.05, 0.1) is 12.1 Å². The van der Waals surface area contributed by atoms with Gasteiger partial charge in [-0.2, -0.15) is 0 Å². The van der Waals surface area contributed by atoms with Crippen LogP contribution in [0.2, 0.25) is 0 Å². The molecule has 0 saturated carbocycles. The molecule has 1 aromatic heterocycles. The number of methoxy groups -OCH3 is 1. The minimum absolute atomic E-state index is 0.0261. The van der Waals surface area contributed by atoms with Crippen LogP contribution in [0.5, 0.6) is 5.75 Å². The van der Waals surface area contributed by atoms with Gasteiger partial charge < -0.3 is 15.4 Å². The van der Waals surface area contributed by atoms with Crippen LogP contribution >= 0.6 is 11.3 Å². The molecule has 1 aromatic carbocycles. The van der Waals surface area contributed by atoms with Gasteiger partial charge in [0.25, 0.3) is 5.91 Å². The summed E-state index contributed by atoms with van der Waals surface area (Å²) in [6.45, 7) is 5.90. The fourth-order valence-corrected chi connectivity index (χ4v) is 4.02. The van der Waals surface area contributed by atoms with E-state index in [2.05, 4.69) is 28.9 Å². The number of benzene rings is 1. The standard InChI is InChI=1S/C19H26N4O2S/c1-14(15-4-3-5-16(12-15)25-2)22-8-10-23(11-9-22)19(24)17-13-26-18(21-17)6-7-20/h3-5,12-14H,6-11,20H2,1-2H3. The van der Waals surface area contributed by atoms with Crippen molar-refractivity contribution >= 4 is 17.2 Å². The molecule has 0 aliphatic carbocycles. The number of carbonyl (C=O) groups is 1. The molecule has 0 spiro atoms. The van der Waals surface area contributed by atoms with Gasteiger partial charge in [-0.3, -0.25) is 9.69 Å². The van der Waals surface area contributed by atoms with Crippen molar-refractivity contribution in [1.29, 1.82) is 0 Å². The number of thiazole rings is 1. The zero-order valence-corrected chi connectivity index (χ0v) is 16.2. The van der Waals surface area contributed by atoms with Crippen molar-refractivity contribution in [1.82, 2.24) is 14.8 Å². The Morgan fingerprint density at radius 3 is 2.81 bits per heavy atom. The largest absolute Gasteiger partial charge is 0.497 e. The van der Waals surface area contributed by atoms with Gasteiger partial charge in [-0.25, -0.2) is 4.98 Å². The van der Waals surface area contributed by atoms with Crippen molar-refractivity contribution in [3.63, 3.8) is 0 Å². The Balaban J connectivity index is 1.58. The van der Waals surface area contributed by atoms with Crippen LogP contribution in [0.25, 0.3) is 0 Å². The zero-order valence-electron chi connectivity index (χ0n) is 15.4. The van der Waals surface area contributed by atoms with Crippen LogP contribution in [0.3, 0.4) is 0 Å². The Kier molecular flexibility index (Phi) is 6.24. The molecule has 1 atom stereocenters. The Morgan fingerprint density at radius 1 is 1.35 bits per heavy atom. The highest BCUT2D eigenvalue weighted by Crippen LogP contribution is 2.25. The molecule has 2 heterocycles. The Morgan fingerprint density at radius 2 is 2.12 bits per heavy atom. The third-order valence-electron chi connectivity index (χ3n) is 4.85. The Labute approximate surface area is 158 Å². The number of aromatic nitrogens is 1. The second-order valence-electron chi connectivity index (χ2n) is 6.45. The van der Waals surface area contributed by atoms with Gasteiger partial charge in [0, 0.05) is 44.0 Å². The van der Waals surface area contributed by atoms with Crippen molar-refractivity contribution in [2.75, 3.05) is 39.8 Å². The molecule has 140 valence electrons. The number of nitrogens with zero attached hydrogens (tertiary/aromatic N) is 3. The summed E-state index contributed by atoms with van der Waals surface area (Å²) in [7, 11) is 1.69. The van der Waals surface area contributed by atoms with Crippen molar-refractivity contribution < 1.29 is 9.53 Å². The molecule has 1 fully saturated rings. The van der Waals surface area contributed by atoms with Gasteiger partial charge >= 0.3 is 0 Å². The van der Waals surface area contributed by atoms with Crippen LogP contribution in [0.15, 0.2) is 29.6 Å². The Bertz CT molecular complexity index is 741. The van der Waals surface area contributed by atoms with E-state index in [4.69, 9.17) is 10.5 Å². The summed E-state index contributed by atoms with van der Waals surface area (Å²) < 4.78 is 5.32. The molecule has 7 heteroatoms. The highest BCUT2D eigenvalue weighted by atomic mass is 32.1. The van der Waals surface area contributed by atoms with Crippen LogP contribution in [0.1, 0.15) is 34.0 Å². The summed E-state index contributed by atoms with van der Waals surface area (Å²) in [5, 5.41) is 2.78. The van der Waals surface area contributed by atoms with Gasteiger partial charge in [0.1, 0.15) is 11.4 Å².